The third kappa shape index (κ3) is 6.77. The van der Waals surface area contributed by atoms with Gasteiger partial charge in [0.15, 0.2) is 0 Å². The van der Waals surface area contributed by atoms with Gasteiger partial charge >= 0.3 is 5.97 Å². The van der Waals surface area contributed by atoms with Crippen LogP contribution in [0.3, 0.4) is 0 Å². The molecular formula is C26H29ClN4O4. The second-order valence-corrected chi connectivity index (χ2v) is 8.38. The molecule has 184 valence electrons. The zero-order valence-corrected chi connectivity index (χ0v) is 20.8. The minimum Gasteiger partial charge on any atom is -0.474 e. The fourth-order valence-corrected chi connectivity index (χ4v) is 3.76. The van der Waals surface area contributed by atoms with E-state index in [0.717, 1.165) is 22.0 Å². The lowest BCUT2D eigenvalue weighted by Gasteiger charge is -2.12. The number of nitrogens with two attached hydrogens (primary N) is 1. The smallest absolute Gasteiger partial charge is 0.305 e. The number of hydrogen-bond donors (Lipinski definition) is 1. The van der Waals surface area contributed by atoms with Gasteiger partial charge in [-0.2, -0.15) is 5.90 Å². The molecule has 3 rings (SSSR count). The van der Waals surface area contributed by atoms with Crippen LogP contribution in [-0.2, 0) is 20.8 Å². The topological polar surface area (TPSA) is 109 Å². The quantitative estimate of drug-likeness (QED) is 0.176. The van der Waals surface area contributed by atoms with Gasteiger partial charge in [-0.3, -0.25) is 9.78 Å². The average Bonchev–Trinajstić information content (AvgIpc) is 2.83. The molecule has 0 aliphatic rings. The van der Waals surface area contributed by atoms with Gasteiger partial charge in [0.1, 0.15) is 5.02 Å². The van der Waals surface area contributed by atoms with Crippen molar-refractivity contribution >= 4 is 39.9 Å². The van der Waals surface area contributed by atoms with Gasteiger partial charge in [0, 0.05) is 35.5 Å². The predicted molar refractivity (Wildman–Crippen MR) is 137 cm³/mol. The molecule has 2 N–H and O–H groups in total. The van der Waals surface area contributed by atoms with Crippen LogP contribution in [0.25, 0.3) is 16.5 Å². The number of carbonyl (C=O) groups excluding carboxylic acids is 1. The van der Waals surface area contributed by atoms with E-state index >= 15 is 0 Å². The minimum atomic E-state index is -0.205. The van der Waals surface area contributed by atoms with E-state index in [-0.39, 0.29) is 18.0 Å². The largest absolute Gasteiger partial charge is 0.474 e. The number of aliphatic imine (C=N–C) groups is 1. The number of esters is 1. The number of ether oxygens (including phenoxy) is 2. The van der Waals surface area contributed by atoms with E-state index in [1.807, 2.05) is 38.1 Å². The van der Waals surface area contributed by atoms with Crippen LogP contribution in [0.15, 0.2) is 54.3 Å². The second-order valence-electron chi connectivity index (χ2n) is 7.98. The maximum Gasteiger partial charge on any atom is 0.305 e. The lowest BCUT2D eigenvalue weighted by atomic mass is 10.00. The Morgan fingerprint density at radius 3 is 2.71 bits per heavy atom. The van der Waals surface area contributed by atoms with Gasteiger partial charge in [-0.05, 0) is 51.1 Å². The van der Waals surface area contributed by atoms with Gasteiger partial charge in [-0.25, -0.2) is 9.98 Å². The summed E-state index contributed by atoms with van der Waals surface area (Å²) in [5.41, 5.74) is 2.61. The maximum atomic E-state index is 11.7. The van der Waals surface area contributed by atoms with Gasteiger partial charge in [-0.15, -0.1) is 0 Å². The van der Waals surface area contributed by atoms with Crippen LogP contribution < -0.4 is 10.6 Å². The normalized spacial score (nSPS) is 11.5. The molecule has 0 unspecified atom stereocenters. The fraction of sp³-hybridized carbons (Fsp3) is 0.308. The molecule has 0 fully saturated rings. The molecule has 8 nitrogen and oxygen atoms in total. The molecule has 0 atom stereocenters. The van der Waals surface area contributed by atoms with Crippen LogP contribution >= 0.6 is 11.6 Å². The van der Waals surface area contributed by atoms with E-state index in [9.17, 15) is 4.79 Å². The Bertz CT molecular complexity index is 1240. The highest BCUT2D eigenvalue weighted by atomic mass is 35.5. The molecular weight excluding hydrogens is 468 g/mol. The minimum absolute atomic E-state index is 0.0690. The van der Waals surface area contributed by atoms with Crippen molar-refractivity contribution < 1.29 is 19.1 Å². The van der Waals surface area contributed by atoms with Crippen LogP contribution in [0.2, 0.25) is 5.02 Å². The standard InChI is InChI=1S/C26H29ClN4O4/c1-5-33-24(32)11-7-10-23-21-9-6-8-19(20(21)12-13-29-23)17(4)31-25(35-28)18-14-22(27)26(30-15-18)34-16(2)3/h6,8-9,12-16H,4-5,7,10-11,28H2,1-3H3. The van der Waals surface area contributed by atoms with Crippen LogP contribution in [0.1, 0.15) is 50.4 Å². The van der Waals surface area contributed by atoms with Crippen molar-refractivity contribution in [1.82, 2.24) is 9.97 Å². The first-order valence-electron chi connectivity index (χ1n) is 11.3. The second kappa shape index (κ2) is 12.3. The third-order valence-corrected chi connectivity index (χ3v) is 5.32. The molecule has 2 heterocycles. The Morgan fingerprint density at radius 2 is 2.03 bits per heavy atom. The van der Waals surface area contributed by atoms with Gasteiger partial charge in [0.2, 0.25) is 11.8 Å². The number of aryl methyl sites for hydroxylation is 1. The number of benzene rings is 1. The highest BCUT2D eigenvalue weighted by Gasteiger charge is 2.14. The molecule has 0 aliphatic carbocycles. The summed E-state index contributed by atoms with van der Waals surface area (Å²) in [7, 11) is 0. The molecule has 0 spiro atoms. The number of carbonyl (C=O) groups is 1. The Hall–Kier alpha value is -3.49. The van der Waals surface area contributed by atoms with Crippen LogP contribution in [-0.4, -0.2) is 34.5 Å². The van der Waals surface area contributed by atoms with Gasteiger partial charge in [0.25, 0.3) is 0 Å². The number of hydrogen-bond acceptors (Lipinski definition) is 8. The molecule has 0 saturated carbocycles. The predicted octanol–water partition coefficient (Wildman–Crippen LogP) is 5.26. The summed E-state index contributed by atoms with van der Waals surface area (Å²) >= 11 is 6.31. The number of rotatable bonds is 10. The fourth-order valence-electron chi connectivity index (χ4n) is 3.55. The zero-order chi connectivity index (χ0) is 25.4. The summed E-state index contributed by atoms with van der Waals surface area (Å²) in [6.45, 7) is 10.1. The van der Waals surface area contributed by atoms with E-state index in [2.05, 4.69) is 21.5 Å². The van der Waals surface area contributed by atoms with Crippen molar-refractivity contribution in [3.05, 3.63) is 71.1 Å². The number of pyridine rings is 2. The van der Waals surface area contributed by atoms with Crippen molar-refractivity contribution in [2.24, 2.45) is 10.9 Å². The van der Waals surface area contributed by atoms with Crippen molar-refractivity contribution in [1.29, 1.82) is 0 Å². The molecule has 2 aromatic heterocycles. The number of fused-ring (bicyclic) bond motifs is 1. The molecule has 0 aliphatic heterocycles. The highest BCUT2D eigenvalue weighted by Crippen LogP contribution is 2.29. The number of aromatic nitrogens is 2. The summed E-state index contributed by atoms with van der Waals surface area (Å²) < 4.78 is 10.6. The molecule has 0 amide bonds. The lowest BCUT2D eigenvalue weighted by molar-refractivity contribution is -0.143. The molecule has 35 heavy (non-hydrogen) atoms. The molecule has 9 heteroatoms. The molecule has 0 bridgehead atoms. The van der Waals surface area contributed by atoms with E-state index in [0.29, 0.717) is 48.0 Å². The Morgan fingerprint density at radius 1 is 1.23 bits per heavy atom. The first-order valence-corrected chi connectivity index (χ1v) is 11.7. The number of halogens is 1. The van der Waals surface area contributed by atoms with E-state index in [1.165, 1.54) is 6.20 Å². The summed E-state index contributed by atoms with van der Waals surface area (Å²) in [6.07, 6.45) is 4.82. The van der Waals surface area contributed by atoms with Crippen LogP contribution in [0, 0.1) is 0 Å². The van der Waals surface area contributed by atoms with Gasteiger partial charge < -0.3 is 14.3 Å². The Balaban J connectivity index is 1.87. The summed E-state index contributed by atoms with van der Waals surface area (Å²) in [5.74, 6) is 5.74. The first kappa shape index (κ1) is 26.1. The lowest BCUT2D eigenvalue weighted by Crippen LogP contribution is -2.13. The molecule has 0 saturated heterocycles. The summed E-state index contributed by atoms with van der Waals surface area (Å²) in [4.78, 5) is 30.0. The number of nitrogens with zero attached hydrogens (tertiary/aromatic N) is 3. The van der Waals surface area contributed by atoms with Gasteiger partial charge in [-0.1, -0.05) is 36.4 Å². The highest BCUT2D eigenvalue weighted by molar-refractivity contribution is 6.32. The van der Waals surface area contributed by atoms with Gasteiger partial charge in [0.05, 0.1) is 24.0 Å². The van der Waals surface area contributed by atoms with Crippen LogP contribution in [0.5, 0.6) is 5.88 Å². The summed E-state index contributed by atoms with van der Waals surface area (Å²) in [5, 5.41) is 2.20. The Labute approximate surface area is 209 Å². The average molecular weight is 497 g/mol. The first-order chi connectivity index (χ1) is 16.8. The van der Waals surface area contributed by atoms with E-state index in [4.69, 9.17) is 31.8 Å². The van der Waals surface area contributed by atoms with Crippen molar-refractivity contribution in [3.8, 4) is 5.88 Å². The molecule has 1 aromatic carbocycles. The van der Waals surface area contributed by atoms with Crippen LogP contribution in [0.4, 0.5) is 0 Å². The van der Waals surface area contributed by atoms with Crippen molar-refractivity contribution in [2.45, 2.75) is 46.1 Å². The SMILES string of the molecule is C=C(N=C(ON)c1cnc(OC(C)C)c(Cl)c1)c1cccc2c(CCCC(=O)OCC)nccc12. The van der Waals surface area contributed by atoms with E-state index in [1.54, 1.807) is 19.2 Å². The van der Waals surface area contributed by atoms with Crippen molar-refractivity contribution in [2.75, 3.05) is 6.61 Å². The molecule has 3 aromatic rings. The monoisotopic (exact) mass is 496 g/mol. The molecule has 0 radical (unpaired) electrons. The van der Waals surface area contributed by atoms with Crippen molar-refractivity contribution in [3.63, 3.8) is 0 Å². The summed E-state index contributed by atoms with van der Waals surface area (Å²) in [6, 6.07) is 9.34. The maximum absolute atomic E-state index is 11.7. The third-order valence-electron chi connectivity index (χ3n) is 5.05. The zero-order valence-electron chi connectivity index (χ0n) is 20.1. The van der Waals surface area contributed by atoms with E-state index < -0.39 is 0 Å². The Kier molecular flexibility index (Phi) is 9.17.